The van der Waals surface area contributed by atoms with Gasteiger partial charge in [-0.1, -0.05) is 6.07 Å². The van der Waals surface area contributed by atoms with Crippen LogP contribution in [0.15, 0.2) is 43.0 Å². The molecule has 1 aromatic carbocycles. The van der Waals surface area contributed by atoms with E-state index in [1.807, 2.05) is 27.7 Å². The third-order valence-electron chi connectivity index (χ3n) is 10.00. The fourth-order valence-electron chi connectivity index (χ4n) is 6.52. The van der Waals surface area contributed by atoms with Crippen LogP contribution in [0.1, 0.15) is 81.1 Å². The molecule has 0 unspecified atom stereocenters. The van der Waals surface area contributed by atoms with Crippen LogP contribution >= 0.6 is 0 Å². The molecular formula is C35H39BF6N8O4. The summed E-state index contributed by atoms with van der Waals surface area (Å²) in [7, 11) is -0.902. The van der Waals surface area contributed by atoms with Gasteiger partial charge in [-0.15, -0.1) is 0 Å². The van der Waals surface area contributed by atoms with Gasteiger partial charge >= 0.3 is 19.8 Å². The molecule has 19 heteroatoms. The second kappa shape index (κ2) is 13.8. The number of halogens is 6. The quantitative estimate of drug-likeness (QED) is 0.179. The number of nitrogens with one attached hydrogen (secondary N) is 1. The Kier molecular flexibility index (Phi) is 9.96. The number of fused-ring (bicyclic) bond motifs is 1. The van der Waals surface area contributed by atoms with E-state index < -0.39 is 66.0 Å². The topological polar surface area (TPSA) is 129 Å². The molecule has 12 nitrogen and oxygen atoms in total. The van der Waals surface area contributed by atoms with Gasteiger partial charge in [0.1, 0.15) is 17.7 Å². The first-order chi connectivity index (χ1) is 25.1. The number of carbonyl (C=O) groups excluding carboxylic acids is 2. The fraction of sp³-hybridized carbons (Fsp3) is 0.486. The Morgan fingerprint density at radius 1 is 1.06 bits per heavy atom. The molecule has 0 spiro atoms. The van der Waals surface area contributed by atoms with Crippen molar-refractivity contribution >= 4 is 24.4 Å². The molecule has 3 aromatic heterocycles. The number of amides is 2. The molecule has 1 N–H and O–H groups in total. The number of benzene rings is 1. The predicted molar refractivity (Wildman–Crippen MR) is 183 cm³/mol. The SMILES string of the molecule is Cc1ncc(-c2cc(C(F)(F)F)nn2CC(C)(C)NC(=O)[C@@H](Cc2cnn(C(F)F)c2)N2CCc3c(B4OC(C)(C)C(C)(C)O4)ccc(F)c3C2=O)cn1. The van der Waals surface area contributed by atoms with Gasteiger partial charge in [-0.2, -0.15) is 32.1 Å². The van der Waals surface area contributed by atoms with E-state index in [2.05, 4.69) is 25.5 Å². The highest BCUT2D eigenvalue weighted by atomic mass is 19.4. The van der Waals surface area contributed by atoms with Crippen molar-refractivity contribution in [3.63, 3.8) is 0 Å². The lowest BCUT2D eigenvalue weighted by Crippen LogP contribution is -2.58. The van der Waals surface area contributed by atoms with Gasteiger partial charge < -0.3 is 19.5 Å². The first-order valence-corrected chi connectivity index (χ1v) is 17.1. The first kappa shape index (κ1) is 38.9. The highest BCUT2D eigenvalue weighted by Crippen LogP contribution is 2.38. The predicted octanol–water partition coefficient (Wildman–Crippen LogP) is 4.90. The zero-order valence-electron chi connectivity index (χ0n) is 30.6. The third-order valence-corrected chi connectivity index (χ3v) is 10.00. The summed E-state index contributed by atoms with van der Waals surface area (Å²) in [6, 6.07) is 2.10. The fourth-order valence-corrected chi connectivity index (χ4v) is 6.52. The second-order valence-corrected chi connectivity index (χ2v) is 15.1. The summed E-state index contributed by atoms with van der Waals surface area (Å²) in [6.07, 6.45) is -0.0992. The molecule has 1 saturated heterocycles. The molecule has 1 fully saturated rings. The van der Waals surface area contributed by atoms with Gasteiger partial charge in [0.05, 0.1) is 40.7 Å². The standard InChI is InChI=1S/C35H39BF6N8O4/c1-19-43-15-21(16-44-19)25-13-27(35(40,41)42)47-50(25)18-32(2,3)46-29(51)26(12-20-14-45-49(17-20)31(38)39)48-11-10-22-23(8-9-24(37)28(22)30(48)52)36-53-33(4,5)34(6,7)54-36/h8-9,13-17,26,31H,10-12,18H2,1-7H3,(H,46,51)/t26-/m1/s1. The number of rotatable bonds is 10. The summed E-state index contributed by atoms with van der Waals surface area (Å²) in [4.78, 5) is 37.8. The van der Waals surface area contributed by atoms with E-state index in [9.17, 15) is 31.5 Å². The molecule has 5 heterocycles. The molecule has 0 bridgehead atoms. The van der Waals surface area contributed by atoms with Crippen molar-refractivity contribution in [2.75, 3.05) is 6.54 Å². The molecule has 1 atom stereocenters. The van der Waals surface area contributed by atoms with Crippen molar-refractivity contribution in [1.82, 2.24) is 39.7 Å². The highest BCUT2D eigenvalue weighted by molar-refractivity contribution is 6.62. The normalized spacial score (nSPS) is 17.6. The van der Waals surface area contributed by atoms with Gasteiger partial charge in [0.15, 0.2) is 5.69 Å². The van der Waals surface area contributed by atoms with Crippen molar-refractivity contribution in [1.29, 1.82) is 0 Å². The first-order valence-electron chi connectivity index (χ1n) is 17.1. The molecular weight excluding hydrogens is 721 g/mol. The summed E-state index contributed by atoms with van der Waals surface area (Å²) in [5.41, 5.74) is -2.93. The zero-order chi connectivity index (χ0) is 39.5. The average molecular weight is 761 g/mol. The number of hydrogen-bond donors (Lipinski definition) is 1. The number of carbonyl (C=O) groups is 2. The maximum absolute atomic E-state index is 15.6. The van der Waals surface area contributed by atoms with Gasteiger partial charge in [-0.3, -0.25) is 14.3 Å². The molecule has 2 aliphatic rings. The molecule has 54 heavy (non-hydrogen) atoms. The van der Waals surface area contributed by atoms with Crippen LogP contribution in [0, 0.1) is 12.7 Å². The molecule has 2 aliphatic heterocycles. The summed E-state index contributed by atoms with van der Waals surface area (Å²) in [5.74, 6) is -2.03. The van der Waals surface area contributed by atoms with Gasteiger partial charge in [-0.05, 0) is 83.6 Å². The lowest BCUT2D eigenvalue weighted by molar-refractivity contribution is -0.141. The van der Waals surface area contributed by atoms with E-state index in [-0.39, 0.29) is 48.3 Å². The number of alkyl halides is 5. The molecule has 6 rings (SSSR count). The zero-order valence-corrected chi connectivity index (χ0v) is 30.6. The summed E-state index contributed by atoms with van der Waals surface area (Å²) in [5, 5.41) is 10.2. The minimum absolute atomic E-state index is 0.0386. The Bertz CT molecular complexity index is 2050. The van der Waals surface area contributed by atoms with E-state index in [0.29, 0.717) is 21.5 Å². The number of aryl methyl sites for hydroxylation is 1. The minimum atomic E-state index is -4.78. The average Bonchev–Trinajstić information content (AvgIpc) is 3.76. The molecule has 288 valence electrons. The van der Waals surface area contributed by atoms with Gasteiger partial charge in [-0.25, -0.2) is 19.0 Å². The molecule has 0 aliphatic carbocycles. The van der Waals surface area contributed by atoms with Crippen LogP contribution in [-0.2, 0) is 39.7 Å². The number of hydrogen-bond acceptors (Lipinski definition) is 8. The van der Waals surface area contributed by atoms with Crippen molar-refractivity contribution < 1.29 is 45.2 Å². The Morgan fingerprint density at radius 2 is 1.70 bits per heavy atom. The highest BCUT2D eigenvalue weighted by Gasteiger charge is 2.53. The van der Waals surface area contributed by atoms with Crippen LogP contribution in [0.25, 0.3) is 11.3 Å². The third kappa shape index (κ3) is 7.60. The molecule has 0 radical (unpaired) electrons. The number of nitrogens with zero attached hydrogens (tertiary/aromatic N) is 7. The van der Waals surface area contributed by atoms with Gasteiger partial charge in [0.2, 0.25) is 5.91 Å². The Labute approximate surface area is 307 Å². The van der Waals surface area contributed by atoms with Crippen molar-refractivity contribution in [2.45, 2.75) is 103 Å². The Morgan fingerprint density at radius 3 is 2.30 bits per heavy atom. The van der Waals surface area contributed by atoms with Gasteiger partial charge in [0, 0.05) is 37.1 Å². The smallest absolute Gasteiger partial charge is 0.399 e. The number of aromatic nitrogens is 6. The second-order valence-electron chi connectivity index (χ2n) is 15.1. The van der Waals surface area contributed by atoms with E-state index in [4.69, 9.17) is 9.31 Å². The maximum atomic E-state index is 15.6. The molecule has 2 amide bonds. The van der Waals surface area contributed by atoms with Crippen molar-refractivity contribution in [3.05, 3.63) is 77.0 Å². The largest absolute Gasteiger partial charge is 0.495 e. The lowest BCUT2D eigenvalue weighted by Gasteiger charge is -2.37. The van der Waals surface area contributed by atoms with Crippen LogP contribution in [0.5, 0.6) is 0 Å². The van der Waals surface area contributed by atoms with Crippen LogP contribution in [0.4, 0.5) is 26.3 Å². The van der Waals surface area contributed by atoms with Crippen LogP contribution in [-0.4, -0.2) is 82.7 Å². The van der Waals surface area contributed by atoms with Gasteiger partial charge in [0.25, 0.3) is 5.91 Å². The summed E-state index contributed by atoms with van der Waals surface area (Å²) < 4.78 is 97.8. The van der Waals surface area contributed by atoms with Crippen molar-refractivity contribution in [2.24, 2.45) is 0 Å². The molecule has 0 saturated carbocycles. The maximum Gasteiger partial charge on any atom is 0.495 e. The Hall–Kier alpha value is -4.78. The summed E-state index contributed by atoms with van der Waals surface area (Å²) in [6.45, 7) is 8.81. The molecule has 4 aromatic rings. The van der Waals surface area contributed by atoms with Crippen LogP contribution in [0.3, 0.4) is 0 Å². The van der Waals surface area contributed by atoms with Crippen LogP contribution < -0.4 is 10.8 Å². The van der Waals surface area contributed by atoms with E-state index in [1.54, 1.807) is 20.8 Å². The minimum Gasteiger partial charge on any atom is -0.399 e. The van der Waals surface area contributed by atoms with E-state index in [0.717, 1.165) is 34.1 Å². The lowest BCUT2D eigenvalue weighted by atomic mass is 9.72. The monoisotopic (exact) mass is 760 g/mol. The van der Waals surface area contributed by atoms with Crippen molar-refractivity contribution in [3.8, 4) is 11.3 Å². The van der Waals surface area contributed by atoms with E-state index in [1.165, 1.54) is 18.5 Å². The van der Waals surface area contributed by atoms with E-state index >= 15 is 4.39 Å². The Balaban J connectivity index is 1.32. The van der Waals surface area contributed by atoms with Crippen LogP contribution in [0.2, 0.25) is 0 Å². The summed E-state index contributed by atoms with van der Waals surface area (Å²) >= 11 is 0.